The predicted molar refractivity (Wildman–Crippen MR) is 85.2 cm³/mol. The summed E-state index contributed by atoms with van der Waals surface area (Å²) in [7, 11) is -3.64. The Bertz CT molecular complexity index is 554. The molecule has 1 aromatic carbocycles. The van der Waals surface area contributed by atoms with Gasteiger partial charge in [0, 0.05) is 16.7 Å². The van der Waals surface area contributed by atoms with E-state index in [1.54, 1.807) is 6.07 Å². The highest BCUT2D eigenvalue weighted by atomic mass is 79.9. The third kappa shape index (κ3) is 4.46. The average Bonchev–Trinajstić information content (AvgIpc) is 2.40. The van der Waals surface area contributed by atoms with Gasteiger partial charge in [0.05, 0.1) is 4.90 Å². The van der Waals surface area contributed by atoms with Crippen LogP contribution >= 0.6 is 15.9 Å². The minimum absolute atomic E-state index is 0.127. The van der Waals surface area contributed by atoms with Crippen molar-refractivity contribution in [2.75, 3.05) is 11.9 Å². The van der Waals surface area contributed by atoms with Gasteiger partial charge in [0.25, 0.3) is 0 Å². The maximum Gasteiger partial charge on any atom is 0.238 e. The Morgan fingerprint density at radius 3 is 2.55 bits per heavy atom. The van der Waals surface area contributed by atoms with E-state index in [1.165, 1.54) is 50.7 Å². The minimum atomic E-state index is -3.64. The third-order valence-electron chi connectivity index (χ3n) is 3.86. The van der Waals surface area contributed by atoms with Crippen molar-refractivity contribution in [2.24, 2.45) is 11.1 Å². The molecular formula is C14H21BrN2O2S. The van der Waals surface area contributed by atoms with Gasteiger partial charge < -0.3 is 5.32 Å². The van der Waals surface area contributed by atoms with Gasteiger partial charge in [-0.3, -0.25) is 0 Å². The molecule has 1 saturated carbocycles. The second-order valence-corrected chi connectivity index (χ2v) is 7.82. The number of primary sulfonamides is 1. The Morgan fingerprint density at radius 1 is 1.25 bits per heavy atom. The first kappa shape index (κ1) is 15.8. The number of halogens is 1. The zero-order chi connectivity index (χ0) is 14.6. The van der Waals surface area contributed by atoms with E-state index in [2.05, 4.69) is 21.2 Å². The second kappa shape index (κ2) is 6.91. The molecule has 4 nitrogen and oxygen atoms in total. The van der Waals surface area contributed by atoms with Gasteiger partial charge in [0.1, 0.15) is 0 Å². The van der Waals surface area contributed by atoms with Crippen LogP contribution in [-0.4, -0.2) is 15.0 Å². The molecule has 1 aliphatic carbocycles. The molecule has 0 aromatic heterocycles. The number of nitrogens with two attached hydrogens (primary N) is 1. The fourth-order valence-electron chi connectivity index (χ4n) is 2.70. The zero-order valence-electron chi connectivity index (χ0n) is 11.4. The molecule has 0 aliphatic heterocycles. The SMILES string of the molecule is NS(=O)(=O)c1ccc(NCCC2CCCCC2)c(Br)c1. The summed E-state index contributed by atoms with van der Waals surface area (Å²) in [5.41, 5.74) is 0.910. The largest absolute Gasteiger partial charge is 0.384 e. The third-order valence-corrected chi connectivity index (χ3v) is 5.43. The van der Waals surface area contributed by atoms with E-state index in [1.807, 2.05) is 0 Å². The first-order valence-electron chi connectivity index (χ1n) is 7.03. The van der Waals surface area contributed by atoms with Gasteiger partial charge in [-0.25, -0.2) is 13.6 Å². The molecule has 0 saturated heterocycles. The Hall–Kier alpha value is -0.590. The summed E-state index contributed by atoms with van der Waals surface area (Å²) < 4.78 is 23.2. The Morgan fingerprint density at radius 2 is 1.95 bits per heavy atom. The van der Waals surface area contributed by atoms with Crippen LogP contribution in [0.3, 0.4) is 0 Å². The van der Waals surface area contributed by atoms with Crippen molar-refractivity contribution < 1.29 is 8.42 Å². The highest BCUT2D eigenvalue weighted by Crippen LogP contribution is 2.28. The molecule has 0 atom stereocenters. The van der Waals surface area contributed by atoms with Crippen LogP contribution in [0.2, 0.25) is 0 Å². The van der Waals surface area contributed by atoms with Crippen molar-refractivity contribution >= 4 is 31.6 Å². The predicted octanol–water partition coefficient (Wildman–Crippen LogP) is 3.48. The molecule has 0 radical (unpaired) electrons. The van der Waals surface area contributed by atoms with E-state index in [-0.39, 0.29) is 4.90 Å². The van der Waals surface area contributed by atoms with Crippen LogP contribution in [0.1, 0.15) is 38.5 Å². The lowest BCUT2D eigenvalue weighted by Crippen LogP contribution is -2.13. The minimum Gasteiger partial charge on any atom is -0.384 e. The maximum absolute atomic E-state index is 11.3. The Kier molecular flexibility index (Phi) is 5.46. The fourth-order valence-corrected chi connectivity index (χ4v) is 3.91. The number of hydrogen-bond acceptors (Lipinski definition) is 3. The van der Waals surface area contributed by atoms with E-state index < -0.39 is 10.0 Å². The molecule has 3 N–H and O–H groups in total. The van der Waals surface area contributed by atoms with E-state index in [4.69, 9.17) is 5.14 Å². The van der Waals surface area contributed by atoms with Crippen LogP contribution in [0.4, 0.5) is 5.69 Å². The standard InChI is InChI=1S/C14H21BrN2O2S/c15-13-10-12(20(16,18)19)6-7-14(13)17-9-8-11-4-2-1-3-5-11/h6-7,10-11,17H,1-5,8-9H2,(H2,16,18,19). The molecule has 0 unspecified atom stereocenters. The second-order valence-electron chi connectivity index (χ2n) is 5.41. The highest BCUT2D eigenvalue weighted by Gasteiger charge is 2.13. The molecule has 1 aliphatic rings. The molecule has 0 spiro atoms. The number of rotatable bonds is 5. The normalized spacial score (nSPS) is 17.1. The Balaban J connectivity index is 1.90. The van der Waals surface area contributed by atoms with Crippen LogP contribution in [0.25, 0.3) is 0 Å². The van der Waals surface area contributed by atoms with E-state index >= 15 is 0 Å². The lowest BCUT2D eigenvalue weighted by atomic mass is 9.87. The molecule has 6 heteroatoms. The van der Waals surface area contributed by atoms with Crippen molar-refractivity contribution in [1.82, 2.24) is 0 Å². The lowest BCUT2D eigenvalue weighted by molar-refractivity contribution is 0.345. The van der Waals surface area contributed by atoms with E-state index in [9.17, 15) is 8.42 Å². The number of sulfonamides is 1. The van der Waals surface area contributed by atoms with Crippen molar-refractivity contribution in [2.45, 2.75) is 43.4 Å². The van der Waals surface area contributed by atoms with Gasteiger partial charge in [-0.2, -0.15) is 0 Å². The number of anilines is 1. The quantitative estimate of drug-likeness (QED) is 0.843. The maximum atomic E-state index is 11.3. The monoisotopic (exact) mass is 360 g/mol. The molecule has 20 heavy (non-hydrogen) atoms. The highest BCUT2D eigenvalue weighted by molar-refractivity contribution is 9.10. The number of nitrogens with one attached hydrogen (secondary N) is 1. The summed E-state index contributed by atoms with van der Waals surface area (Å²) >= 11 is 3.38. The van der Waals surface area contributed by atoms with Gasteiger partial charge in [-0.15, -0.1) is 0 Å². The molecular weight excluding hydrogens is 340 g/mol. The lowest BCUT2D eigenvalue weighted by Gasteiger charge is -2.21. The van der Waals surface area contributed by atoms with Gasteiger partial charge in [0.2, 0.25) is 10.0 Å². The van der Waals surface area contributed by atoms with Crippen molar-refractivity contribution in [3.05, 3.63) is 22.7 Å². The van der Waals surface area contributed by atoms with Crippen molar-refractivity contribution in [1.29, 1.82) is 0 Å². The first-order chi connectivity index (χ1) is 9.47. The van der Waals surface area contributed by atoms with Gasteiger partial charge in [0.15, 0.2) is 0 Å². The van der Waals surface area contributed by atoms with Crippen LogP contribution in [0.5, 0.6) is 0 Å². The van der Waals surface area contributed by atoms with E-state index in [0.29, 0.717) is 0 Å². The Labute approximate surface area is 129 Å². The average molecular weight is 361 g/mol. The topological polar surface area (TPSA) is 72.2 Å². The van der Waals surface area contributed by atoms with Crippen LogP contribution in [-0.2, 0) is 10.0 Å². The summed E-state index contributed by atoms with van der Waals surface area (Å²) in [5.74, 6) is 0.832. The van der Waals surface area contributed by atoms with Crippen LogP contribution in [0.15, 0.2) is 27.6 Å². The number of hydrogen-bond donors (Lipinski definition) is 2. The van der Waals surface area contributed by atoms with Crippen LogP contribution in [0, 0.1) is 5.92 Å². The molecule has 0 heterocycles. The van der Waals surface area contributed by atoms with Crippen LogP contribution < -0.4 is 10.5 Å². The van der Waals surface area contributed by atoms with Gasteiger partial charge in [-0.1, -0.05) is 32.1 Å². The van der Waals surface area contributed by atoms with Crippen molar-refractivity contribution in [3.63, 3.8) is 0 Å². The summed E-state index contributed by atoms with van der Waals surface area (Å²) in [6.07, 6.45) is 7.95. The fraction of sp³-hybridized carbons (Fsp3) is 0.571. The molecule has 1 fully saturated rings. The summed E-state index contributed by atoms with van der Waals surface area (Å²) in [6.45, 7) is 0.915. The number of benzene rings is 1. The summed E-state index contributed by atoms with van der Waals surface area (Å²) in [4.78, 5) is 0.127. The summed E-state index contributed by atoms with van der Waals surface area (Å²) in [5, 5.41) is 8.46. The molecule has 2 rings (SSSR count). The summed E-state index contributed by atoms with van der Waals surface area (Å²) in [6, 6.07) is 4.83. The molecule has 0 amide bonds. The smallest absolute Gasteiger partial charge is 0.238 e. The molecule has 1 aromatic rings. The zero-order valence-corrected chi connectivity index (χ0v) is 13.8. The molecule has 112 valence electrons. The van der Waals surface area contributed by atoms with E-state index in [0.717, 1.165) is 22.6 Å². The molecule has 0 bridgehead atoms. The first-order valence-corrected chi connectivity index (χ1v) is 9.37. The van der Waals surface area contributed by atoms with Gasteiger partial charge in [-0.05, 0) is 46.5 Å². The van der Waals surface area contributed by atoms with Gasteiger partial charge >= 0.3 is 0 Å². The van der Waals surface area contributed by atoms with Crippen molar-refractivity contribution in [3.8, 4) is 0 Å².